The van der Waals surface area contributed by atoms with Gasteiger partial charge >= 0.3 is 0 Å². The maximum absolute atomic E-state index is 13.8. The number of anilines is 2. The Morgan fingerprint density at radius 2 is 1.48 bits per heavy atom. The Morgan fingerprint density at radius 1 is 0.800 bits per heavy atom. The van der Waals surface area contributed by atoms with E-state index in [4.69, 9.17) is 22.9 Å². The molecule has 3 aromatic rings. The topological polar surface area (TPSA) is 144 Å². The first-order chi connectivity index (χ1) is 29.0. The summed E-state index contributed by atoms with van der Waals surface area (Å²) >= 11 is 6.23. The van der Waals surface area contributed by atoms with Crippen LogP contribution in [0.25, 0.3) is 4.85 Å². The van der Waals surface area contributed by atoms with Crippen molar-refractivity contribution in [2.75, 3.05) is 49.1 Å². The fourth-order valence-corrected chi connectivity index (χ4v) is 11.0. The quantitative estimate of drug-likeness (QED) is 0.255. The first kappa shape index (κ1) is 38.3. The van der Waals surface area contributed by atoms with Crippen molar-refractivity contribution in [3.63, 3.8) is 0 Å². The summed E-state index contributed by atoms with van der Waals surface area (Å²) in [5.74, 6) is -1.16. The zero-order chi connectivity index (χ0) is 41.4. The molecule has 308 valence electrons. The number of fused-ring (bicyclic) bond motifs is 3. The van der Waals surface area contributed by atoms with Crippen LogP contribution in [0.15, 0.2) is 60.7 Å². The van der Waals surface area contributed by atoms with Gasteiger partial charge in [-0.3, -0.25) is 39.0 Å². The number of rotatable bonds is 7. The third-order valence-corrected chi connectivity index (χ3v) is 14.2. The number of imide groups is 2. The van der Waals surface area contributed by atoms with Gasteiger partial charge in [-0.05, 0) is 86.7 Å². The monoisotopic (exact) mass is 829 g/mol. The lowest BCUT2D eigenvalue weighted by Gasteiger charge is -2.60. The summed E-state index contributed by atoms with van der Waals surface area (Å²) in [4.78, 5) is 90.7. The molecule has 0 aromatic heterocycles. The van der Waals surface area contributed by atoms with Gasteiger partial charge in [0.2, 0.25) is 23.4 Å². The minimum atomic E-state index is -0.996. The van der Waals surface area contributed by atoms with Crippen molar-refractivity contribution >= 4 is 64.1 Å². The van der Waals surface area contributed by atoms with E-state index in [2.05, 4.69) is 24.9 Å². The summed E-state index contributed by atoms with van der Waals surface area (Å²) in [6.45, 7) is 11.5. The van der Waals surface area contributed by atoms with E-state index in [0.717, 1.165) is 67.9 Å². The second-order valence-electron chi connectivity index (χ2n) is 17.5. The first-order valence-electron chi connectivity index (χ1n) is 20.9. The third-order valence-electron chi connectivity index (χ3n) is 13.9. The molecule has 6 amide bonds. The number of hydrogen-bond acceptors (Lipinski definition) is 9. The van der Waals surface area contributed by atoms with E-state index >= 15 is 0 Å². The molecule has 7 aliphatic rings. The van der Waals surface area contributed by atoms with Crippen LogP contribution in [0.3, 0.4) is 0 Å². The van der Waals surface area contributed by atoms with Crippen LogP contribution < -0.4 is 19.9 Å². The van der Waals surface area contributed by atoms with Crippen LogP contribution in [-0.4, -0.2) is 114 Å². The number of carbonyl (C=O) groups excluding carboxylic acids is 6. The molecular formula is C45H44ClN7O7. The largest absolute Gasteiger partial charge is 0.490 e. The number of hydrogen-bond donors (Lipinski definition) is 1. The molecule has 6 fully saturated rings. The molecule has 0 radical (unpaired) electrons. The summed E-state index contributed by atoms with van der Waals surface area (Å²) in [6, 6.07) is 17.5. The fraction of sp³-hybridized carbons (Fsp3) is 0.444. The molecule has 1 aliphatic carbocycles. The lowest BCUT2D eigenvalue weighted by Crippen LogP contribution is -2.65. The van der Waals surface area contributed by atoms with Crippen LogP contribution in [0.5, 0.6) is 5.75 Å². The van der Waals surface area contributed by atoms with Crippen LogP contribution in [0.1, 0.15) is 82.4 Å². The number of halogens is 1. The molecule has 1 spiro atoms. The Hall–Kier alpha value is -5.94. The van der Waals surface area contributed by atoms with Crippen LogP contribution in [0, 0.1) is 17.9 Å². The van der Waals surface area contributed by atoms with E-state index in [1.807, 2.05) is 35.2 Å². The number of benzene rings is 3. The van der Waals surface area contributed by atoms with Gasteiger partial charge in [0, 0.05) is 98.9 Å². The van der Waals surface area contributed by atoms with Crippen molar-refractivity contribution in [3.05, 3.63) is 93.8 Å². The van der Waals surface area contributed by atoms with E-state index < -0.39 is 29.7 Å². The summed E-state index contributed by atoms with van der Waals surface area (Å²) in [6.07, 6.45) is 5.23. The Bertz CT molecular complexity index is 2360. The zero-order valence-electron chi connectivity index (χ0n) is 33.0. The summed E-state index contributed by atoms with van der Waals surface area (Å²) in [5.41, 5.74) is 3.54. The Balaban J connectivity index is 0.681. The lowest BCUT2D eigenvalue weighted by molar-refractivity contribution is -0.145. The molecule has 1 saturated carbocycles. The predicted molar refractivity (Wildman–Crippen MR) is 220 cm³/mol. The van der Waals surface area contributed by atoms with E-state index in [-0.39, 0.29) is 65.3 Å². The smallest absolute Gasteiger partial charge is 0.262 e. The standard InChI is InChI=1S/C45H44ClN7O7/c1-47-37-11-9-32(21-36(37)46)60-33-18-30-6-7-31(19-33)52(30)42(57)26-2-4-28(5-3-26)49-14-16-50(17-15-49)41(56)27-22-45(23-27)24-51(25-45)29-8-10-34-35(20-29)44(59)53(43(34)58)38-12-13-39(54)48-40(38)55/h2-5,8-11,20-21,27,30-31,33,38H,6-7,12-19,22-25H2,(H,48,54,55). The average Bonchev–Trinajstić information content (AvgIpc) is 3.63. The normalized spacial score (nSPS) is 25.8. The molecule has 2 bridgehead atoms. The molecule has 6 aliphatic heterocycles. The number of piperazine rings is 1. The Morgan fingerprint density at radius 3 is 2.15 bits per heavy atom. The summed E-state index contributed by atoms with van der Waals surface area (Å²) in [5, 5.41) is 2.61. The maximum atomic E-state index is 13.8. The van der Waals surface area contributed by atoms with Crippen molar-refractivity contribution < 1.29 is 33.5 Å². The number of nitrogens with one attached hydrogen (secondary N) is 1. The minimum absolute atomic E-state index is 0.00677. The molecule has 10 rings (SSSR count). The minimum Gasteiger partial charge on any atom is -0.490 e. The van der Waals surface area contributed by atoms with Crippen molar-refractivity contribution in [1.82, 2.24) is 20.0 Å². The Kier molecular flexibility index (Phi) is 9.35. The average molecular weight is 830 g/mol. The van der Waals surface area contributed by atoms with Gasteiger partial charge in [0.05, 0.1) is 22.7 Å². The molecular weight excluding hydrogens is 786 g/mol. The van der Waals surface area contributed by atoms with Crippen molar-refractivity contribution in [2.45, 2.75) is 75.6 Å². The molecule has 60 heavy (non-hydrogen) atoms. The molecule has 6 heterocycles. The summed E-state index contributed by atoms with van der Waals surface area (Å²) in [7, 11) is 0. The van der Waals surface area contributed by atoms with Gasteiger partial charge < -0.3 is 24.3 Å². The van der Waals surface area contributed by atoms with E-state index in [1.165, 1.54) is 0 Å². The molecule has 3 atom stereocenters. The molecule has 3 aromatic carbocycles. The van der Waals surface area contributed by atoms with Gasteiger partial charge in [0.15, 0.2) is 0 Å². The third kappa shape index (κ3) is 6.54. The second-order valence-corrected chi connectivity index (χ2v) is 17.9. The number of amides is 6. The Labute approximate surface area is 352 Å². The first-order valence-corrected chi connectivity index (χ1v) is 21.3. The van der Waals surface area contributed by atoms with Crippen molar-refractivity contribution in [3.8, 4) is 5.75 Å². The molecule has 14 nitrogen and oxygen atoms in total. The highest BCUT2D eigenvalue weighted by Gasteiger charge is 2.55. The van der Waals surface area contributed by atoms with Crippen LogP contribution in [-0.2, 0) is 14.4 Å². The van der Waals surface area contributed by atoms with E-state index in [0.29, 0.717) is 48.2 Å². The van der Waals surface area contributed by atoms with Gasteiger partial charge in [-0.1, -0.05) is 17.7 Å². The van der Waals surface area contributed by atoms with Crippen LogP contribution >= 0.6 is 11.6 Å². The zero-order valence-corrected chi connectivity index (χ0v) is 33.7. The van der Waals surface area contributed by atoms with Gasteiger partial charge in [0.25, 0.3) is 17.7 Å². The fourth-order valence-electron chi connectivity index (χ4n) is 10.8. The van der Waals surface area contributed by atoms with E-state index in [9.17, 15) is 28.8 Å². The highest BCUT2D eigenvalue weighted by Crippen LogP contribution is 2.54. The summed E-state index contributed by atoms with van der Waals surface area (Å²) < 4.78 is 6.26. The lowest BCUT2D eigenvalue weighted by atomic mass is 9.57. The van der Waals surface area contributed by atoms with Gasteiger partial charge in [0.1, 0.15) is 17.9 Å². The van der Waals surface area contributed by atoms with Gasteiger partial charge in [-0.2, -0.15) is 0 Å². The number of ether oxygens (including phenoxy) is 1. The predicted octanol–water partition coefficient (Wildman–Crippen LogP) is 5.07. The number of piperidine rings is 2. The van der Waals surface area contributed by atoms with E-state index in [1.54, 1.807) is 30.3 Å². The molecule has 1 N–H and O–H groups in total. The van der Waals surface area contributed by atoms with Gasteiger partial charge in [-0.15, -0.1) is 0 Å². The van der Waals surface area contributed by atoms with Crippen molar-refractivity contribution in [1.29, 1.82) is 0 Å². The maximum Gasteiger partial charge on any atom is 0.262 e. The highest BCUT2D eigenvalue weighted by molar-refractivity contribution is 6.33. The van der Waals surface area contributed by atoms with Gasteiger partial charge in [-0.25, -0.2) is 4.85 Å². The van der Waals surface area contributed by atoms with Crippen LogP contribution in [0.4, 0.5) is 17.1 Å². The number of nitrogens with zero attached hydrogens (tertiary/aromatic N) is 6. The number of carbonyl (C=O) groups is 6. The van der Waals surface area contributed by atoms with Crippen LogP contribution in [0.2, 0.25) is 5.02 Å². The molecule has 5 saturated heterocycles. The van der Waals surface area contributed by atoms with Crippen molar-refractivity contribution in [2.24, 2.45) is 11.3 Å². The molecule has 15 heteroatoms. The SMILES string of the molecule is [C-]#[N+]c1ccc(OC2CC3CCC(C2)N3C(=O)c2ccc(N3CCN(C(=O)C4CC5(C4)CN(c4ccc6c(c4)C(=O)N(C4CCC(=O)NC4=O)C6=O)C5)CC3)cc2)cc1Cl. The highest BCUT2D eigenvalue weighted by atomic mass is 35.5. The molecule has 3 unspecified atom stereocenters. The second kappa shape index (κ2) is 14.7.